The average molecular weight is 496 g/mol. The number of nitrogens with zero attached hydrogens (tertiary/aromatic N) is 1. The SMILES string of the molecule is Cc1ccc2c(c1)c(-c1ccccc1)c(-c1ccccc1)c1cccc[n+]12.O=S(=O)([O-])C(F)(F)F. The Bertz CT molecular complexity index is 1600. The van der Waals surface area contributed by atoms with Gasteiger partial charge < -0.3 is 4.55 Å². The minimum absolute atomic E-state index is 1.22. The van der Waals surface area contributed by atoms with E-state index in [1.54, 1.807) is 0 Å². The Morgan fingerprint density at radius 3 is 1.77 bits per heavy atom. The van der Waals surface area contributed by atoms with Crippen LogP contribution in [0, 0.1) is 6.92 Å². The molecular weight excluding hydrogens is 475 g/mol. The van der Waals surface area contributed by atoms with Crippen LogP contribution >= 0.6 is 0 Å². The molecule has 3 aromatic carbocycles. The van der Waals surface area contributed by atoms with E-state index >= 15 is 0 Å². The van der Waals surface area contributed by atoms with Gasteiger partial charge >= 0.3 is 5.51 Å². The molecule has 0 saturated heterocycles. The van der Waals surface area contributed by atoms with Crippen molar-refractivity contribution in [1.82, 2.24) is 0 Å². The number of aromatic nitrogens is 1. The molecule has 0 unspecified atom stereocenters. The van der Waals surface area contributed by atoms with Crippen LogP contribution in [0.25, 0.3) is 38.7 Å². The maximum absolute atomic E-state index is 10.7. The minimum Gasteiger partial charge on any atom is -0.741 e. The second-order valence-corrected chi connectivity index (χ2v) is 9.23. The van der Waals surface area contributed by atoms with Crippen molar-refractivity contribution in [1.29, 1.82) is 0 Å². The van der Waals surface area contributed by atoms with Gasteiger partial charge in [0.1, 0.15) is 0 Å². The molecule has 0 bridgehead atoms. The molecule has 0 aliphatic heterocycles. The first-order valence-electron chi connectivity index (χ1n) is 10.6. The van der Waals surface area contributed by atoms with Crippen LogP contribution in [0.3, 0.4) is 0 Å². The van der Waals surface area contributed by atoms with Gasteiger partial charge in [0, 0.05) is 23.8 Å². The van der Waals surface area contributed by atoms with Crippen molar-refractivity contribution in [2.75, 3.05) is 0 Å². The fourth-order valence-corrected chi connectivity index (χ4v) is 3.98. The van der Waals surface area contributed by atoms with Crippen LogP contribution in [0.15, 0.2) is 103 Å². The molecule has 0 aliphatic rings. The third-order valence-electron chi connectivity index (χ3n) is 5.46. The average Bonchev–Trinajstić information content (AvgIpc) is 2.83. The molecule has 0 saturated carbocycles. The Balaban J connectivity index is 0.000000314. The van der Waals surface area contributed by atoms with Gasteiger partial charge in [0.2, 0.25) is 11.0 Å². The highest BCUT2D eigenvalue weighted by molar-refractivity contribution is 7.86. The van der Waals surface area contributed by atoms with Crippen LogP contribution in [-0.4, -0.2) is 18.5 Å². The molecule has 0 fully saturated rings. The zero-order valence-electron chi connectivity index (χ0n) is 18.5. The second kappa shape index (κ2) is 9.48. The maximum Gasteiger partial charge on any atom is 0.485 e. The zero-order valence-corrected chi connectivity index (χ0v) is 19.3. The number of rotatable bonds is 2. The molecule has 178 valence electrons. The number of hydrogen-bond donors (Lipinski definition) is 0. The summed E-state index contributed by atoms with van der Waals surface area (Å²) in [7, 11) is -6.09. The molecule has 0 spiro atoms. The summed E-state index contributed by atoms with van der Waals surface area (Å²) in [5.74, 6) is 0. The lowest BCUT2D eigenvalue weighted by Crippen LogP contribution is -2.23. The highest BCUT2D eigenvalue weighted by atomic mass is 32.2. The predicted molar refractivity (Wildman–Crippen MR) is 128 cm³/mol. The Morgan fingerprint density at radius 2 is 1.23 bits per heavy atom. The van der Waals surface area contributed by atoms with Gasteiger partial charge in [-0.25, -0.2) is 8.42 Å². The Kier molecular flexibility index (Phi) is 6.60. The summed E-state index contributed by atoms with van der Waals surface area (Å²) < 4.78 is 61.2. The molecule has 35 heavy (non-hydrogen) atoms. The smallest absolute Gasteiger partial charge is 0.485 e. The molecule has 2 heterocycles. The lowest BCUT2D eigenvalue weighted by molar-refractivity contribution is -0.481. The molecule has 4 nitrogen and oxygen atoms in total. The summed E-state index contributed by atoms with van der Waals surface area (Å²) in [6.45, 7) is 2.16. The number of halogens is 3. The fourth-order valence-electron chi connectivity index (χ4n) is 3.98. The highest BCUT2D eigenvalue weighted by Crippen LogP contribution is 2.39. The monoisotopic (exact) mass is 495 g/mol. The van der Waals surface area contributed by atoms with Gasteiger partial charge in [0.05, 0.1) is 10.9 Å². The van der Waals surface area contributed by atoms with E-state index in [0.717, 1.165) is 0 Å². The molecule has 0 atom stereocenters. The van der Waals surface area contributed by atoms with Crippen LogP contribution in [0.1, 0.15) is 5.56 Å². The Labute approximate surface area is 200 Å². The highest BCUT2D eigenvalue weighted by Gasteiger charge is 2.36. The van der Waals surface area contributed by atoms with Gasteiger partial charge in [-0.2, -0.15) is 17.6 Å². The van der Waals surface area contributed by atoms with Crippen LogP contribution in [0.5, 0.6) is 0 Å². The van der Waals surface area contributed by atoms with E-state index in [9.17, 15) is 13.2 Å². The van der Waals surface area contributed by atoms with Gasteiger partial charge in [-0.05, 0) is 30.2 Å². The van der Waals surface area contributed by atoms with Crippen molar-refractivity contribution in [3.63, 3.8) is 0 Å². The van der Waals surface area contributed by atoms with E-state index in [-0.39, 0.29) is 0 Å². The molecule has 0 amide bonds. The van der Waals surface area contributed by atoms with Crippen LogP contribution < -0.4 is 4.40 Å². The van der Waals surface area contributed by atoms with E-state index in [0.29, 0.717) is 0 Å². The Morgan fingerprint density at radius 1 is 0.714 bits per heavy atom. The number of alkyl halides is 3. The van der Waals surface area contributed by atoms with Crippen molar-refractivity contribution in [2.45, 2.75) is 12.4 Å². The summed E-state index contributed by atoms with van der Waals surface area (Å²) in [6.07, 6.45) is 2.16. The minimum atomic E-state index is -6.09. The normalized spacial score (nSPS) is 11.8. The van der Waals surface area contributed by atoms with E-state index in [1.807, 2.05) is 0 Å². The number of pyridine rings is 2. The molecular formula is C27H20F3NO3S. The van der Waals surface area contributed by atoms with E-state index in [4.69, 9.17) is 13.0 Å². The summed E-state index contributed by atoms with van der Waals surface area (Å²) >= 11 is 0. The first kappa shape index (κ1) is 24.4. The fraction of sp³-hybridized carbons (Fsp3) is 0.0741. The van der Waals surface area contributed by atoms with Crippen LogP contribution in [0.2, 0.25) is 0 Å². The maximum atomic E-state index is 10.7. The van der Waals surface area contributed by atoms with Crippen molar-refractivity contribution in [3.8, 4) is 22.3 Å². The third kappa shape index (κ3) is 5.03. The number of hydrogen-bond acceptors (Lipinski definition) is 3. The van der Waals surface area contributed by atoms with Gasteiger partial charge in [-0.15, -0.1) is 0 Å². The molecule has 8 heteroatoms. The van der Waals surface area contributed by atoms with E-state index in [1.165, 1.54) is 44.2 Å². The quantitative estimate of drug-likeness (QED) is 0.125. The van der Waals surface area contributed by atoms with Gasteiger partial charge in [0.25, 0.3) is 0 Å². The number of benzene rings is 3. The first-order valence-corrected chi connectivity index (χ1v) is 12.0. The summed E-state index contributed by atoms with van der Waals surface area (Å²) in [6, 6.07) is 34.6. The molecule has 5 aromatic rings. The summed E-state index contributed by atoms with van der Waals surface area (Å²) in [5, 5.41) is 1.28. The third-order valence-corrected chi connectivity index (χ3v) is 6.02. The summed E-state index contributed by atoms with van der Waals surface area (Å²) in [5.41, 5.74) is 3.14. The Hall–Kier alpha value is -3.75. The van der Waals surface area contributed by atoms with Crippen LogP contribution in [-0.2, 0) is 10.1 Å². The predicted octanol–water partition coefficient (Wildman–Crippen LogP) is 6.27. The van der Waals surface area contributed by atoms with E-state index in [2.05, 4.69) is 115 Å². The lowest BCUT2D eigenvalue weighted by Gasteiger charge is -2.14. The molecule has 0 radical (unpaired) electrons. The first-order chi connectivity index (χ1) is 16.6. The van der Waals surface area contributed by atoms with Crippen molar-refractivity contribution >= 4 is 26.5 Å². The largest absolute Gasteiger partial charge is 0.741 e. The van der Waals surface area contributed by atoms with Gasteiger partial charge in [-0.3, -0.25) is 0 Å². The second-order valence-electron chi connectivity index (χ2n) is 7.86. The number of aryl methyl sites for hydroxylation is 1. The van der Waals surface area contributed by atoms with Crippen LogP contribution in [0.4, 0.5) is 13.2 Å². The van der Waals surface area contributed by atoms with Crippen molar-refractivity contribution in [3.05, 3.63) is 109 Å². The topological polar surface area (TPSA) is 61.3 Å². The van der Waals surface area contributed by atoms with Gasteiger partial charge in [-0.1, -0.05) is 72.3 Å². The van der Waals surface area contributed by atoms with Crippen molar-refractivity contribution < 1.29 is 30.5 Å². The van der Waals surface area contributed by atoms with Gasteiger partial charge in [0.15, 0.2) is 16.3 Å². The molecule has 0 aliphatic carbocycles. The molecule has 2 aromatic heterocycles. The zero-order chi connectivity index (χ0) is 25.2. The van der Waals surface area contributed by atoms with E-state index < -0.39 is 15.6 Å². The standard InChI is InChI=1S/C26H20N.CHF3O3S/c1-19-15-16-23-22(18-19)25(20-10-4-2-5-11-20)26(21-12-6-3-7-13-21)24-14-8-9-17-27(23)24;2-1(3,4)8(5,6)7/h2-18H,1H3;(H,5,6,7)/q+1;/p-1. The molecule has 0 N–H and O–H groups in total. The molecule has 5 rings (SSSR count). The number of fused-ring (bicyclic) bond motifs is 3. The van der Waals surface area contributed by atoms with Crippen molar-refractivity contribution in [2.24, 2.45) is 0 Å². The lowest BCUT2D eigenvalue weighted by atomic mass is 9.90. The summed E-state index contributed by atoms with van der Waals surface area (Å²) in [4.78, 5) is 0.